The number of para-hydroxylation sites is 3. The van der Waals surface area contributed by atoms with Gasteiger partial charge in [-0.1, -0.05) is 37.3 Å². The smallest absolute Gasteiger partial charge is 0.243 e. The molecule has 0 bridgehead atoms. The van der Waals surface area contributed by atoms with Gasteiger partial charge in [0.1, 0.15) is 12.4 Å². The number of nitrogens with one attached hydrogen (secondary N) is 2. The Bertz CT molecular complexity index is 971. The minimum atomic E-state index is -0.244. The fourth-order valence-electron chi connectivity index (χ4n) is 3.15. The fraction of sp³-hybridized carbons (Fsp3) is 0.286. The van der Waals surface area contributed by atoms with Gasteiger partial charge in [-0.05, 0) is 37.1 Å². The molecule has 0 saturated carbocycles. The lowest BCUT2D eigenvalue weighted by atomic mass is 10.1. The summed E-state index contributed by atoms with van der Waals surface area (Å²) in [5, 5.41) is 5.57. The zero-order valence-corrected chi connectivity index (χ0v) is 15.9. The van der Waals surface area contributed by atoms with Crippen LogP contribution in [0.3, 0.4) is 0 Å². The minimum absolute atomic E-state index is 0.0688. The molecule has 0 fully saturated rings. The normalized spacial score (nSPS) is 10.8. The number of hydrogen-bond donors (Lipinski definition) is 2. The van der Waals surface area contributed by atoms with Crippen LogP contribution in [0.5, 0.6) is 0 Å². The Morgan fingerprint density at radius 3 is 2.41 bits per heavy atom. The SMILES string of the molecule is CCc1nc2ccccc2n1CC(=O)NCC(=O)Nc1c(C)cccc1C. The number of benzene rings is 2. The zero-order chi connectivity index (χ0) is 19.4. The summed E-state index contributed by atoms with van der Waals surface area (Å²) in [4.78, 5) is 29.1. The summed E-state index contributed by atoms with van der Waals surface area (Å²) in [7, 11) is 0. The van der Waals surface area contributed by atoms with Gasteiger partial charge in [-0.15, -0.1) is 0 Å². The van der Waals surface area contributed by atoms with Crippen molar-refractivity contribution >= 4 is 28.5 Å². The molecule has 0 atom stereocenters. The summed E-state index contributed by atoms with van der Waals surface area (Å²) in [5.74, 6) is 0.391. The molecular weight excluding hydrogens is 340 g/mol. The monoisotopic (exact) mass is 364 g/mol. The van der Waals surface area contributed by atoms with Crippen LogP contribution in [-0.2, 0) is 22.6 Å². The molecule has 3 aromatic rings. The van der Waals surface area contributed by atoms with E-state index in [1.165, 1.54) is 0 Å². The molecule has 1 aromatic heterocycles. The third-order valence-electron chi connectivity index (χ3n) is 4.54. The van der Waals surface area contributed by atoms with Gasteiger partial charge in [-0.2, -0.15) is 0 Å². The van der Waals surface area contributed by atoms with Crippen molar-refractivity contribution < 1.29 is 9.59 Å². The molecule has 0 aliphatic carbocycles. The van der Waals surface area contributed by atoms with Gasteiger partial charge in [-0.3, -0.25) is 9.59 Å². The van der Waals surface area contributed by atoms with Crippen molar-refractivity contribution in [2.75, 3.05) is 11.9 Å². The second-order valence-corrected chi connectivity index (χ2v) is 6.55. The number of carbonyl (C=O) groups excluding carboxylic acids is 2. The van der Waals surface area contributed by atoms with E-state index in [1.807, 2.05) is 67.8 Å². The standard InChI is InChI=1S/C21H24N4O2/c1-4-18-23-16-10-5-6-11-17(16)25(18)13-20(27)22-12-19(26)24-21-14(2)8-7-9-15(21)3/h5-11H,4,12-13H2,1-3H3,(H,22,27)(H,24,26). The first-order valence-corrected chi connectivity index (χ1v) is 9.06. The van der Waals surface area contributed by atoms with Crippen LogP contribution in [0.15, 0.2) is 42.5 Å². The summed E-state index contributed by atoms with van der Waals surface area (Å²) < 4.78 is 1.90. The molecule has 0 radical (unpaired) electrons. The third-order valence-corrected chi connectivity index (χ3v) is 4.54. The molecule has 0 saturated heterocycles. The van der Waals surface area contributed by atoms with E-state index in [1.54, 1.807) is 0 Å². The second-order valence-electron chi connectivity index (χ2n) is 6.55. The predicted octanol–water partition coefficient (Wildman–Crippen LogP) is 2.97. The maximum Gasteiger partial charge on any atom is 0.243 e. The quantitative estimate of drug-likeness (QED) is 0.706. The first-order valence-electron chi connectivity index (χ1n) is 9.06. The summed E-state index contributed by atoms with van der Waals surface area (Å²) in [6, 6.07) is 13.6. The van der Waals surface area contributed by atoms with Crippen LogP contribution in [0, 0.1) is 13.8 Å². The van der Waals surface area contributed by atoms with Gasteiger partial charge < -0.3 is 15.2 Å². The van der Waals surface area contributed by atoms with E-state index < -0.39 is 0 Å². The fourth-order valence-corrected chi connectivity index (χ4v) is 3.15. The van der Waals surface area contributed by atoms with E-state index in [0.717, 1.165) is 40.1 Å². The maximum atomic E-state index is 12.4. The van der Waals surface area contributed by atoms with E-state index in [2.05, 4.69) is 15.6 Å². The molecule has 0 aliphatic heterocycles. The highest BCUT2D eigenvalue weighted by molar-refractivity contribution is 5.95. The number of hydrogen-bond acceptors (Lipinski definition) is 3. The zero-order valence-electron chi connectivity index (χ0n) is 15.9. The van der Waals surface area contributed by atoms with Gasteiger partial charge in [0, 0.05) is 12.1 Å². The van der Waals surface area contributed by atoms with Gasteiger partial charge in [0.05, 0.1) is 17.6 Å². The molecular formula is C21H24N4O2. The molecule has 0 unspecified atom stereocenters. The number of aromatic nitrogens is 2. The first kappa shape index (κ1) is 18.6. The Kier molecular flexibility index (Phi) is 5.54. The van der Waals surface area contributed by atoms with Crippen LogP contribution in [0.1, 0.15) is 23.9 Å². The Hall–Kier alpha value is -3.15. The van der Waals surface area contributed by atoms with Gasteiger partial charge in [-0.25, -0.2) is 4.98 Å². The molecule has 1 heterocycles. The van der Waals surface area contributed by atoms with Crippen LogP contribution >= 0.6 is 0 Å². The number of imidazole rings is 1. The first-order chi connectivity index (χ1) is 13.0. The Morgan fingerprint density at radius 1 is 1.00 bits per heavy atom. The number of anilines is 1. The molecule has 2 aromatic carbocycles. The minimum Gasteiger partial charge on any atom is -0.345 e. The van der Waals surface area contributed by atoms with Crippen molar-refractivity contribution in [3.63, 3.8) is 0 Å². The second kappa shape index (κ2) is 8.03. The average Bonchev–Trinajstić information content (AvgIpc) is 3.01. The molecule has 27 heavy (non-hydrogen) atoms. The largest absolute Gasteiger partial charge is 0.345 e. The number of fused-ring (bicyclic) bond motifs is 1. The van der Waals surface area contributed by atoms with E-state index in [-0.39, 0.29) is 24.9 Å². The number of amides is 2. The third kappa shape index (κ3) is 4.16. The lowest BCUT2D eigenvalue weighted by Gasteiger charge is -2.12. The molecule has 140 valence electrons. The van der Waals surface area contributed by atoms with Crippen molar-refractivity contribution in [2.45, 2.75) is 33.7 Å². The molecule has 3 rings (SSSR count). The maximum absolute atomic E-state index is 12.4. The van der Waals surface area contributed by atoms with E-state index in [9.17, 15) is 9.59 Å². The summed E-state index contributed by atoms with van der Waals surface area (Å²) in [5.41, 5.74) is 4.57. The van der Waals surface area contributed by atoms with Crippen molar-refractivity contribution in [2.24, 2.45) is 0 Å². The van der Waals surface area contributed by atoms with Crippen LogP contribution in [-0.4, -0.2) is 27.9 Å². The molecule has 2 amide bonds. The van der Waals surface area contributed by atoms with Gasteiger partial charge in [0.2, 0.25) is 11.8 Å². The van der Waals surface area contributed by atoms with Crippen LogP contribution in [0.4, 0.5) is 5.69 Å². The lowest BCUT2D eigenvalue weighted by molar-refractivity contribution is -0.124. The van der Waals surface area contributed by atoms with Gasteiger partial charge in [0.25, 0.3) is 0 Å². The number of aryl methyl sites for hydroxylation is 3. The van der Waals surface area contributed by atoms with E-state index >= 15 is 0 Å². The van der Waals surface area contributed by atoms with E-state index in [4.69, 9.17) is 0 Å². The highest BCUT2D eigenvalue weighted by atomic mass is 16.2. The molecule has 0 aliphatic rings. The molecule has 2 N–H and O–H groups in total. The van der Waals surface area contributed by atoms with Gasteiger partial charge in [0.15, 0.2) is 0 Å². The van der Waals surface area contributed by atoms with Crippen molar-refractivity contribution in [3.05, 3.63) is 59.4 Å². The Morgan fingerprint density at radius 2 is 1.70 bits per heavy atom. The van der Waals surface area contributed by atoms with Crippen molar-refractivity contribution in [3.8, 4) is 0 Å². The van der Waals surface area contributed by atoms with Gasteiger partial charge >= 0.3 is 0 Å². The Labute approximate surface area is 158 Å². The number of carbonyl (C=O) groups is 2. The average molecular weight is 364 g/mol. The topological polar surface area (TPSA) is 76.0 Å². The molecule has 0 spiro atoms. The molecule has 6 heteroatoms. The number of nitrogens with zero attached hydrogens (tertiary/aromatic N) is 2. The van der Waals surface area contributed by atoms with Crippen molar-refractivity contribution in [1.82, 2.24) is 14.9 Å². The lowest BCUT2D eigenvalue weighted by Crippen LogP contribution is -2.35. The van der Waals surface area contributed by atoms with Crippen LogP contribution < -0.4 is 10.6 Å². The summed E-state index contributed by atoms with van der Waals surface area (Å²) >= 11 is 0. The Balaban J connectivity index is 1.63. The highest BCUT2D eigenvalue weighted by Crippen LogP contribution is 2.19. The van der Waals surface area contributed by atoms with Crippen LogP contribution in [0.25, 0.3) is 11.0 Å². The van der Waals surface area contributed by atoms with Crippen LogP contribution in [0.2, 0.25) is 0 Å². The molecule has 6 nitrogen and oxygen atoms in total. The predicted molar refractivity (Wildman–Crippen MR) is 107 cm³/mol. The highest BCUT2D eigenvalue weighted by Gasteiger charge is 2.13. The summed E-state index contributed by atoms with van der Waals surface area (Å²) in [6.45, 7) is 5.96. The summed E-state index contributed by atoms with van der Waals surface area (Å²) in [6.07, 6.45) is 0.731. The number of rotatable bonds is 6. The van der Waals surface area contributed by atoms with E-state index in [0.29, 0.717) is 0 Å². The van der Waals surface area contributed by atoms with Crippen molar-refractivity contribution in [1.29, 1.82) is 0 Å².